The molecule has 7 heteroatoms. The molecule has 0 saturated heterocycles. The summed E-state index contributed by atoms with van der Waals surface area (Å²) in [5.74, 6) is 0. The highest BCUT2D eigenvalue weighted by Crippen LogP contribution is 2.34. The van der Waals surface area contributed by atoms with Crippen LogP contribution in [0.1, 0.15) is 18.0 Å². The summed E-state index contributed by atoms with van der Waals surface area (Å²) >= 11 is 17.4. The fourth-order valence-corrected chi connectivity index (χ4v) is 1.83. The van der Waals surface area contributed by atoms with Crippen molar-refractivity contribution in [1.82, 2.24) is 4.98 Å². The highest BCUT2D eigenvalue weighted by Gasteiger charge is 2.17. The lowest BCUT2D eigenvalue weighted by Crippen LogP contribution is -2.12. The number of hydrogen-bond acceptors (Lipinski definition) is 2. The molecule has 0 aromatic carbocycles. The molecule has 0 aliphatic rings. The van der Waals surface area contributed by atoms with Gasteiger partial charge >= 0.3 is 0 Å². The number of nitrogens with two attached hydrogens (primary N) is 1. The van der Waals surface area contributed by atoms with Crippen LogP contribution in [0, 0.1) is 0 Å². The molecule has 0 aliphatic heterocycles. The Morgan fingerprint density at radius 2 is 2.00 bits per heavy atom. The number of rotatable bonds is 3. The molecule has 2 N–H and O–H groups in total. The minimum atomic E-state index is -0.555. The average molecular weight is 294 g/mol. The molecule has 15 heavy (non-hydrogen) atoms. The summed E-state index contributed by atoms with van der Waals surface area (Å²) in [6, 6.07) is -0.555. The maximum absolute atomic E-state index is 12.1. The first-order chi connectivity index (χ1) is 6.57. The molecule has 1 aromatic heterocycles. The lowest BCUT2D eigenvalue weighted by atomic mass is 10.1. The molecule has 0 unspecified atom stereocenters. The molecule has 0 spiro atoms. The summed E-state index contributed by atoms with van der Waals surface area (Å²) < 4.78 is 12.1. The number of alkyl halides is 1. The third-order valence-corrected chi connectivity index (χ3v) is 2.82. The summed E-state index contributed by atoms with van der Waals surface area (Å²) in [5.41, 5.74) is 6.13. The van der Waals surface area contributed by atoms with E-state index in [-0.39, 0.29) is 29.0 Å². The Morgan fingerprint density at radius 1 is 1.40 bits per heavy atom. The van der Waals surface area contributed by atoms with Gasteiger partial charge in [-0.25, -0.2) is 4.98 Å². The smallest absolute Gasteiger partial charge is 0.148 e. The monoisotopic (exact) mass is 292 g/mol. The number of halogens is 5. The minimum Gasteiger partial charge on any atom is -0.324 e. The van der Waals surface area contributed by atoms with E-state index in [4.69, 9.17) is 40.5 Å². The van der Waals surface area contributed by atoms with Crippen LogP contribution in [-0.2, 0) is 0 Å². The summed E-state index contributed by atoms with van der Waals surface area (Å²) in [5, 5.41) is 0.626. The molecule has 0 radical (unpaired) electrons. The largest absolute Gasteiger partial charge is 0.324 e. The summed E-state index contributed by atoms with van der Waals surface area (Å²) in [4.78, 5) is 3.73. The van der Waals surface area contributed by atoms with Gasteiger partial charge in [0.25, 0.3) is 0 Å². The van der Waals surface area contributed by atoms with E-state index in [0.717, 1.165) is 0 Å². The lowest BCUT2D eigenvalue weighted by Gasteiger charge is -2.13. The van der Waals surface area contributed by atoms with Crippen molar-refractivity contribution in [3.05, 3.63) is 27.0 Å². The predicted octanol–water partition coefficient (Wildman–Crippen LogP) is 3.82. The van der Waals surface area contributed by atoms with E-state index in [0.29, 0.717) is 10.6 Å². The summed E-state index contributed by atoms with van der Waals surface area (Å²) in [7, 11) is 0. The zero-order valence-electron chi connectivity index (χ0n) is 7.51. The van der Waals surface area contributed by atoms with Crippen LogP contribution in [0.25, 0.3) is 0 Å². The van der Waals surface area contributed by atoms with Crippen molar-refractivity contribution in [2.75, 3.05) is 6.67 Å². The van der Waals surface area contributed by atoms with Gasteiger partial charge in [-0.05, 0) is 6.42 Å². The Balaban J connectivity index is 0.00000196. The Labute approximate surface area is 108 Å². The summed E-state index contributed by atoms with van der Waals surface area (Å²) in [6.45, 7) is -0.534. The average Bonchev–Trinajstić information content (AvgIpc) is 2.13. The molecule has 1 atom stereocenters. The molecule has 0 saturated carbocycles. The van der Waals surface area contributed by atoms with Crippen molar-refractivity contribution < 1.29 is 4.39 Å². The molecule has 2 nitrogen and oxygen atoms in total. The second-order valence-electron chi connectivity index (χ2n) is 2.71. The number of hydrogen-bond donors (Lipinski definition) is 1. The van der Waals surface area contributed by atoms with Crippen molar-refractivity contribution in [2.24, 2.45) is 5.73 Å². The van der Waals surface area contributed by atoms with Gasteiger partial charge in [-0.3, -0.25) is 4.39 Å². The van der Waals surface area contributed by atoms with Crippen LogP contribution in [0.5, 0.6) is 0 Å². The van der Waals surface area contributed by atoms with Crippen LogP contribution in [0.2, 0.25) is 15.2 Å². The second kappa shape index (κ2) is 6.71. The van der Waals surface area contributed by atoms with Gasteiger partial charge in [0.05, 0.1) is 16.7 Å². The fourth-order valence-electron chi connectivity index (χ4n) is 1.06. The van der Waals surface area contributed by atoms with E-state index < -0.39 is 12.7 Å². The van der Waals surface area contributed by atoms with E-state index in [1.807, 2.05) is 0 Å². The van der Waals surface area contributed by atoms with Crippen LogP contribution in [0.4, 0.5) is 4.39 Å². The first-order valence-corrected chi connectivity index (χ1v) is 5.02. The van der Waals surface area contributed by atoms with E-state index in [1.54, 1.807) is 0 Å². The molecule has 86 valence electrons. The standard InChI is InChI=1S/C8H8Cl3FN2.ClH/c9-4-3-14-8(11)7(10)6(4)5(13)1-2-12;/h3,5H,1-2,13H2;1H/t5-;/m0./s1. The van der Waals surface area contributed by atoms with Crippen LogP contribution >= 0.6 is 47.2 Å². The number of nitrogens with zero attached hydrogens (tertiary/aromatic N) is 1. The van der Waals surface area contributed by atoms with E-state index in [9.17, 15) is 4.39 Å². The van der Waals surface area contributed by atoms with Crippen molar-refractivity contribution >= 4 is 47.2 Å². The molecule has 0 amide bonds. The lowest BCUT2D eigenvalue weighted by molar-refractivity contribution is 0.442. The molecule has 0 bridgehead atoms. The van der Waals surface area contributed by atoms with E-state index in [1.165, 1.54) is 6.20 Å². The number of aromatic nitrogens is 1. The van der Waals surface area contributed by atoms with Gasteiger partial charge in [0, 0.05) is 17.8 Å². The van der Waals surface area contributed by atoms with Gasteiger partial charge in [0.1, 0.15) is 5.15 Å². The third-order valence-electron chi connectivity index (χ3n) is 1.76. The van der Waals surface area contributed by atoms with Gasteiger partial charge in [-0.1, -0.05) is 34.8 Å². The molecule has 1 heterocycles. The molecular weight excluding hydrogens is 285 g/mol. The minimum absolute atomic E-state index is 0. The molecule has 0 fully saturated rings. The van der Waals surface area contributed by atoms with Crippen LogP contribution < -0.4 is 5.73 Å². The Kier molecular flexibility index (Phi) is 6.80. The zero-order chi connectivity index (χ0) is 10.7. The van der Waals surface area contributed by atoms with Crippen LogP contribution in [0.3, 0.4) is 0 Å². The highest BCUT2D eigenvalue weighted by atomic mass is 35.5. The van der Waals surface area contributed by atoms with E-state index in [2.05, 4.69) is 4.98 Å². The van der Waals surface area contributed by atoms with Crippen molar-refractivity contribution in [2.45, 2.75) is 12.5 Å². The number of pyridine rings is 1. The van der Waals surface area contributed by atoms with Crippen molar-refractivity contribution in [3.8, 4) is 0 Å². The third kappa shape index (κ3) is 3.61. The van der Waals surface area contributed by atoms with Crippen LogP contribution in [-0.4, -0.2) is 11.7 Å². The van der Waals surface area contributed by atoms with Crippen LogP contribution in [0.15, 0.2) is 6.20 Å². The Morgan fingerprint density at radius 3 is 2.53 bits per heavy atom. The SMILES string of the molecule is Cl.N[C@@H](CCF)c1c(Cl)cnc(Cl)c1Cl. The van der Waals surface area contributed by atoms with Crippen molar-refractivity contribution in [3.63, 3.8) is 0 Å². The topological polar surface area (TPSA) is 38.9 Å². The zero-order valence-corrected chi connectivity index (χ0v) is 10.6. The van der Waals surface area contributed by atoms with Crippen molar-refractivity contribution in [1.29, 1.82) is 0 Å². The van der Waals surface area contributed by atoms with Gasteiger partial charge in [0.15, 0.2) is 0 Å². The maximum Gasteiger partial charge on any atom is 0.148 e. The summed E-state index contributed by atoms with van der Waals surface area (Å²) in [6.07, 6.45) is 1.50. The molecular formula is C8H9Cl4FN2. The van der Waals surface area contributed by atoms with Gasteiger partial charge in [0.2, 0.25) is 0 Å². The first kappa shape index (κ1) is 15.2. The Hall–Kier alpha value is 0.200. The fraction of sp³-hybridized carbons (Fsp3) is 0.375. The second-order valence-corrected chi connectivity index (χ2v) is 3.85. The molecule has 0 aliphatic carbocycles. The highest BCUT2D eigenvalue weighted by molar-refractivity contribution is 6.43. The van der Waals surface area contributed by atoms with Gasteiger partial charge in [-0.2, -0.15) is 0 Å². The van der Waals surface area contributed by atoms with Gasteiger partial charge in [-0.15, -0.1) is 12.4 Å². The maximum atomic E-state index is 12.1. The Bertz CT molecular complexity index is 335. The van der Waals surface area contributed by atoms with Gasteiger partial charge < -0.3 is 5.73 Å². The first-order valence-electron chi connectivity index (χ1n) is 3.88. The predicted molar refractivity (Wildman–Crippen MR) is 64.0 cm³/mol. The quantitative estimate of drug-likeness (QED) is 0.861. The molecule has 1 aromatic rings. The normalized spacial score (nSPS) is 12.1. The molecule has 1 rings (SSSR count). The van der Waals surface area contributed by atoms with E-state index >= 15 is 0 Å².